The summed E-state index contributed by atoms with van der Waals surface area (Å²) in [7, 11) is 0. The Morgan fingerprint density at radius 1 is 1.09 bits per heavy atom. The number of amides is 1. The molecule has 0 aliphatic heterocycles. The minimum atomic E-state index is -4.53. The third kappa shape index (κ3) is 5.70. The van der Waals surface area contributed by atoms with E-state index in [4.69, 9.17) is 11.6 Å². The zero-order valence-electron chi connectivity index (χ0n) is 17.6. The van der Waals surface area contributed by atoms with E-state index in [9.17, 15) is 18.0 Å². The van der Waals surface area contributed by atoms with Crippen LogP contribution in [0.5, 0.6) is 0 Å². The van der Waals surface area contributed by atoms with Gasteiger partial charge in [-0.2, -0.15) is 13.2 Å². The van der Waals surface area contributed by atoms with Crippen molar-refractivity contribution in [2.45, 2.75) is 49.4 Å². The lowest BCUT2D eigenvalue weighted by Gasteiger charge is -2.22. The summed E-state index contributed by atoms with van der Waals surface area (Å²) in [5, 5.41) is 11.8. The maximum absolute atomic E-state index is 13.0. The minimum absolute atomic E-state index is 0.0355. The van der Waals surface area contributed by atoms with Gasteiger partial charge in [0.15, 0.2) is 5.16 Å². The fourth-order valence-corrected chi connectivity index (χ4v) is 4.86. The first-order valence-electron chi connectivity index (χ1n) is 10.6. The van der Waals surface area contributed by atoms with Crippen LogP contribution in [0.1, 0.15) is 49.4 Å². The molecule has 0 spiro atoms. The number of rotatable bonds is 6. The first-order chi connectivity index (χ1) is 15.8. The molecule has 1 heterocycles. The normalized spacial score (nSPS) is 14.9. The van der Waals surface area contributed by atoms with Gasteiger partial charge < -0.3 is 5.32 Å². The van der Waals surface area contributed by atoms with E-state index in [0.29, 0.717) is 11.1 Å². The molecule has 1 aromatic heterocycles. The fraction of sp³-hybridized carbons (Fsp3) is 0.348. The number of anilines is 1. The van der Waals surface area contributed by atoms with Gasteiger partial charge in [0.2, 0.25) is 5.91 Å². The second kappa shape index (κ2) is 10.2. The van der Waals surface area contributed by atoms with E-state index in [2.05, 4.69) is 15.5 Å². The van der Waals surface area contributed by atoms with Crippen molar-refractivity contribution < 1.29 is 18.0 Å². The first kappa shape index (κ1) is 23.6. The molecule has 2 aromatic carbocycles. The Kier molecular flexibility index (Phi) is 7.29. The SMILES string of the molecule is O=C(CSc1nnc(C2CCCCC2)n1-c1ccccc1)Nc1cc(C(F)(F)F)ccc1Cl. The maximum atomic E-state index is 13.0. The number of thioether (sulfide) groups is 1. The third-order valence-electron chi connectivity index (χ3n) is 5.54. The lowest BCUT2D eigenvalue weighted by Crippen LogP contribution is -2.16. The van der Waals surface area contributed by atoms with Crippen molar-refractivity contribution in [3.63, 3.8) is 0 Å². The van der Waals surface area contributed by atoms with Gasteiger partial charge in [-0.1, -0.05) is 60.8 Å². The van der Waals surface area contributed by atoms with Crippen LogP contribution >= 0.6 is 23.4 Å². The van der Waals surface area contributed by atoms with Crippen LogP contribution in [0.15, 0.2) is 53.7 Å². The molecule has 1 aliphatic carbocycles. The number of carbonyl (C=O) groups is 1. The molecule has 10 heteroatoms. The number of para-hydroxylation sites is 1. The molecule has 4 rings (SSSR count). The largest absolute Gasteiger partial charge is 0.416 e. The number of benzene rings is 2. The molecular weight excluding hydrogens is 473 g/mol. The average Bonchev–Trinajstić information content (AvgIpc) is 3.23. The summed E-state index contributed by atoms with van der Waals surface area (Å²) >= 11 is 7.17. The molecule has 0 unspecified atom stereocenters. The Morgan fingerprint density at radius 2 is 1.82 bits per heavy atom. The third-order valence-corrected chi connectivity index (χ3v) is 6.80. The first-order valence-corrected chi connectivity index (χ1v) is 12.0. The van der Waals surface area contributed by atoms with Crippen LogP contribution < -0.4 is 5.32 Å². The zero-order chi connectivity index (χ0) is 23.4. The van der Waals surface area contributed by atoms with Gasteiger partial charge in [-0.25, -0.2) is 0 Å². The topological polar surface area (TPSA) is 59.8 Å². The number of hydrogen-bond donors (Lipinski definition) is 1. The number of alkyl halides is 3. The summed E-state index contributed by atoms with van der Waals surface area (Å²) in [5.74, 6) is 0.647. The van der Waals surface area contributed by atoms with Gasteiger partial charge in [0, 0.05) is 11.6 Å². The molecule has 33 heavy (non-hydrogen) atoms. The van der Waals surface area contributed by atoms with Gasteiger partial charge in [0.25, 0.3) is 0 Å². The molecule has 1 N–H and O–H groups in total. The number of hydrogen-bond acceptors (Lipinski definition) is 4. The molecule has 0 radical (unpaired) electrons. The van der Waals surface area contributed by atoms with Crippen molar-refractivity contribution >= 4 is 35.0 Å². The molecule has 1 saturated carbocycles. The molecule has 0 bridgehead atoms. The number of aromatic nitrogens is 3. The van der Waals surface area contributed by atoms with Gasteiger partial charge in [-0.3, -0.25) is 9.36 Å². The lowest BCUT2D eigenvalue weighted by atomic mass is 9.88. The van der Waals surface area contributed by atoms with E-state index >= 15 is 0 Å². The second-order valence-corrected chi connectivity index (χ2v) is 9.23. The molecule has 0 atom stereocenters. The number of nitrogens with one attached hydrogen (secondary N) is 1. The summed E-state index contributed by atoms with van der Waals surface area (Å²) in [4.78, 5) is 12.5. The Balaban J connectivity index is 1.52. The van der Waals surface area contributed by atoms with Gasteiger partial charge in [0.1, 0.15) is 5.82 Å². The van der Waals surface area contributed by atoms with E-state index in [0.717, 1.165) is 55.4 Å². The molecule has 3 aromatic rings. The fourth-order valence-electron chi connectivity index (χ4n) is 3.93. The van der Waals surface area contributed by atoms with Crippen molar-refractivity contribution in [2.24, 2.45) is 0 Å². The molecule has 1 aliphatic rings. The highest BCUT2D eigenvalue weighted by molar-refractivity contribution is 7.99. The van der Waals surface area contributed by atoms with Crippen LogP contribution in [0.3, 0.4) is 0 Å². The Bertz CT molecular complexity index is 1110. The van der Waals surface area contributed by atoms with E-state index in [1.54, 1.807) is 0 Å². The Hall–Kier alpha value is -2.52. The minimum Gasteiger partial charge on any atom is -0.324 e. The van der Waals surface area contributed by atoms with Gasteiger partial charge in [-0.05, 0) is 43.2 Å². The van der Waals surface area contributed by atoms with Crippen LogP contribution in [0.25, 0.3) is 5.69 Å². The van der Waals surface area contributed by atoms with Crippen molar-refractivity contribution in [1.82, 2.24) is 14.8 Å². The van der Waals surface area contributed by atoms with Crippen LogP contribution in [0, 0.1) is 0 Å². The highest BCUT2D eigenvalue weighted by Gasteiger charge is 2.31. The summed E-state index contributed by atoms with van der Waals surface area (Å²) in [6, 6.07) is 12.5. The van der Waals surface area contributed by atoms with Crippen molar-refractivity contribution in [3.8, 4) is 5.69 Å². The molecule has 5 nitrogen and oxygen atoms in total. The number of nitrogens with zero attached hydrogens (tertiary/aromatic N) is 3. The Labute approximate surface area is 198 Å². The average molecular weight is 495 g/mol. The van der Waals surface area contributed by atoms with E-state index in [1.165, 1.54) is 18.2 Å². The quantitative estimate of drug-likeness (QED) is 0.386. The molecule has 1 amide bonds. The van der Waals surface area contributed by atoms with Crippen molar-refractivity contribution in [1.29, 1.82) is 0 Å². The highest BCUT2D eigenvalue weighted by atomic mass is 35.5. The van der Waals surface area contributed by atoms with Crippen molar-refractivity contribution in [3.05, 3.63) is 64.9 Å². The zero-order valence-corrected chi connectivity index (χ0v) is 19.2. The molecule has 174 valence electrons. The number of halogens is 4. The smallest absolute Gasteiger partial charge is 0.324 e. The Morgan fingerprint density at radius 3 is 2.52 bits per heavy atom. The number of carbonyl (C=O) groups excluding carboxylic acids is 1. The summed E-state index contributed by atoms with van der Waals surface area (Å²) in [6.07, 6.45) is 1.08. The summed E-state index contributed by atoms with van der Waals surface area (Å²) in [5.41, 5.74) is -0.0489. The van der Waals surface area contributed by atoms with Crippen molar-refractivity contribution in [2.75, 3.05) is 11.1 Å². The van der Waals surface area contributed by atoms with Gasteiger partial charge >= 0.3 is 6.18 Å². The van der Waals surface area contributed by atoms with E-state index in [1.807, 2.05) is 34.9 Å². The molecular formula is C23H22ClF3N4OS. The predicted octanol–water partition coefficient (Wildman–Crippen LogP) is 6.72. The monoisotopic (exact) mass is 494 g/mol. The van der Waals surface area contributed by atoms with Crippen LogP contribution in [-0.2, 0) is 11.0 Å². The van der Waals surface area contributed by atoms with Gasteiger partial charge in [0.05, 0.1) is 22.0 Å². The summed E-state index contributed by atoms with van der Waals surface area (Å²) in [6.45, 7) is 0. The van der Waals surface area contributed by atoms with E-state index in [-0.39, 0.29) is 16.5 Å². The molecule has 0 saturated heterocycles. The standard InChI is InChI=1S/C23H22ClF3N4OS/c24-18-12-11-16(23(25,26)27)13-19(18)28-20(32)14-33-22-30-29-21(15-7-3-1-4-8-15)31(22)17-9-5-2-6-10-17/h2,5-6,9-13,15H,1,3-4,7-8,14H2,(H,28,32). The molecule has 1 fully saturated rings. The van der Waals surface area contributed by atoms with Gasteiger partial charge in [-0.15, -0.1) is 10.2 Å². The van der Waals surface area contributed by atoms with E-state index < -0.39 is 17.6 Å². The highest BCUT2D eigenvalue weighted by Crippen LogP contribution is 2.36. The predicted molar refractivity (Wildman–Crippen MR) is 123 cm³/mol. The summed E-state index contributed by atoms with van der Waals surface area (Å²) < 4.78 is 40.9. The lowest BCUT2D eigenvalue weighted by molar-refractivity contribution is -0.137. The van der Waals surface area contributed by atoms with Crippen LogP contribution in [0.2, 0.25) is 5.02 Å². The van der Waals surface area contributed by atoms with Crippen LogP contribution in [0.4, 0.5) is 18.9 Å². The maximum Gasteiger partial charge on any atom is 0.416 e. The second-order valence-electron chi connectivity index (χ2n) is 7.88. The van der Waals surface area contributed by atoms with Crippen LogP contribution in [-0.4, -0.2) is 26.4 Å².